The van der Waals surface area contributed by atoms with Gasteiger partial charge in [-0.05, 0) is 108 Å². The van der Waals surface area contributed by atoms with Gasteiger partial charge in [0.15, 0.2) is 0 Å². The number of β-amino-alcohol motifs (C(OH)–C–C–N with tert-alkyl or cyclic N) is 1. The maximum absolute atomic E-state index is 13.2. The molecule has 2 saturated heterocycles. The molecule has 8 nitrogen and oxygen atoms in total. The minimum atomic E-state index is -0.913. The number of rotatable bonds is 11. The fourth-order valence-corrected chi connectivity index (χ4v) is 7.88. The third-order valence-corrected chi connectivity index (χ3v) is 8.73. The second kappa shape index (κ2) is 12.6. The van der Waals surface area contributed by atoms with Crippen molar-refractivity contribution in [3.63, 3.8) is 0 Å². The van der Waals surface area contributed by atoms with Crippen molar-refractivity contribution >= 4 is 5.97 Å². The Balaban J connectivity index is 2.00. The molecular weight excluding hydrogens is 532 g/mol. The van der Waals surface area contributed by atoms with Crippen molar-refractivity contribution in [3.05, 3.63) is 0 Å². The molecule has 0 aliphatic carbocycles. The highest BCUT2D eigenvalue weighted by molar-refractivity contribution is 5.76. The first kappa shape index (κ1) is 37.4. The summed E-state index contributed by atoms with van der Waals surface area (Å²) in [5.74, 6) is -0.127. The molecule has 2 N–H and O–H groups in total. The van der Waals surface area contributed by atoms with E-state index in [0.29, 0.717) is 19.4 Å². The third kappa shape index (κ3) is 10.4. The number of hydroxylamine groups is 2. The van der Waals surface area contributed by atoms with Crippen LogP contribution in [0, 0.1) is 10.8 Å². The lowest BCUT2D eigenvalue weighted by Gasteiger charge is -2.55. The Morgan fingerprint density at radius 3 is 1.69 bits per heavy atom. The quantitative estimate of drug-likeness (QED) is 0.275. The van der Waals surface area contributed by atoms with E-state index in [2.05, 4.69) is 81.1 Å². The molecule has 2 aliphatic rings. The van der Waals surface area contributed by atoms with Gasteiger partial charge in [-0.15, -0.1) is 0 Å². The van der Waals surface area contributed by atoms with Crippen LogP contribution in [0.5, 0.6) is 0 Å². The molecule has 0 aromatic heterocycles. The van der Waals surface area contributed by atoms with Crippen molar-refractivity contribution < 1.29 is 29.3 Å². The van der Waals surface area contributed by atoms with E-state index in [0.717, 1.165) is 19.3 Å². The molecule has 0 bridgehead atoms. The molecule has 8 heteroatoms. The van der Waals surface area contributed by atoms with Crippen LogP contribution in [-0.2, 0) is 19.1 Å². The summed E-state index contributed by atoms with van der Waals surface area (Å²) in [6, 6.07) is 0. The number of carbonyl (C=O) groups excluding carboxylic acids is 1. The molecule has 1 atom stereocenters. The largest absolute Gasteiger partial charge is 0.462 e. The third-order valence-electron chi connectivity index (χ3n) is 8.73. The van der Waals surface area contributed by atoms with Gasteiger partial charge in [-0.3, -0.25) is 14.5 Å². The predicted molar refractivity (Wildman–Crippen MR) is 169 cm³/mol. The fourth-order valence-electron chi connectivity index (χ4n) is 7.88. The topological polar surface area (TPSA) is 91.7 Å². The van der Waals surface area contributed by atoms with Gasteiger partial charge in [-0.25, -0.2) is 0 Å². The lowest BCUT2D eigenvalue weighted by Crippen LogP contribution is -2.64. The molecule has 0 saturated carbocycles. The first-order chi connectivity index (χ1) is 18.6. The molecule has 0 aromatic carbocycles. The highest BCUT2D eigenvalue weighted by Gasteiger charge is 2.49. The monoisotopic (exact) mass is 598 g/mol. The summed E-state index contributed by atoms with van der Waals surface area (Å²) >= 11 is 0. The van der Waals surface area contributed by atoms with Crippen molar-refractivity contribution in [2.24, 2.45) is 10.8 Å². The molecule has 2 heterocycles. The Bertz CT molecular complexity index is 876. The smallest absolute Gasteiger partial charge is 0.311 e. The van der Waals surface area contributed by atoms with E-state index >= 15 is 0 Å². The number of aliphatic hydroxyl groups is 2. The second-order valence-electron chi connectivity index (χ2n) is 18.3. The van der Waals surface area contributed by atoms with Crippen molar-refractivity contribution in [1.29, 1.82) is 0 Å². The lowest BCUT2D eigenvalue weighted by atomic mass is 9.75. The molecule has 0 amide bonds. The summed E-state index contributed by atoms with van der Waals surface area (Å²) in [6.45, 7) is 32.1. The van der Waals surface area contributed by atoms with Crippen molar-refractivity contribution in [2.75, 3.05) is 19.8 Å². The number of nitrogens with zero attached hydrogens (tertiary/aromatic N) is 2. The van der Waals surface area contributed by atoms with E-state index < -0.39 is 17.1 Å². The summed E-state index contributed by atoms with van der Waals surface area (Å²) in [7, 11) is 0. The number of ether oxygens (including phenoxy) is 2. The number of esters is 1. The van der Waals surface area contributed by atoms with E-state index in [1.807, 2.05) is 18.9 Å². The first-order valence-corrected chi connectivity index (χ1v) is 16.0. The van der Waals surface area contributed by atoms with E-state index in [1.54, 1.807) is 13.8 Å². The van der Waals surface area contributed by atoms with Crippen molar-refractivity contribution in [1.82, 2.24) is 9.96 Å². The number of aliphatic hydroxyl groups excluding tert-OH is 1. The number of likely N-dealkylation sites (tertiary alicyclic amines) is 1. The van der Waals surface area contributed by atoms with Crippen LogP contribution in [0.1, 0.15) is 136 Å². The maximum atomic E-state index is 13.2. The zero-order valence-electron chi connectivity index (χ0n) is 29.8. The molecule has 2 rings (SSSR count). The predicted octanol–water partition coefficient (Wildman–Crippen LogP) is 6.12. The van der Waals surface area contributed by atoms with E-state index in [9.17, 15) is 15.0 Å². The summed E-state index contributed by atoms with van der Waals surface area (Å²) in [5.41, 5.74) is -2.55. The number of carbonyl (C=O) groups is 1. The van der Waals surface area contributed by atoms with Crippen molar-refractivity contribution in [2.45, 2.75) is 182 Å². The van der Waals surface area contributed by atoms with Crippen LogP contribution < -0.4 is 0 Å². The lowest BCUT2D eigenvalue weighted by molar-refractivity contribution is -0.309. The fraction of sp³-hybridized carbons (Fsp3) is 0.971. The van der Waals surface area contributed by atoms with Crippen LogP contribution in [0.3, 0.4) is 0 Å². The standard InChI is InChI=1S/C34H66N2O6/c1-28(2,3)22-29(4,5)27(38)42-26-18-30(6,7)35(31(8,9)19-26)20-24(37)21-40-25-16-32(10,11)36(33(12,13)17-25)41-23-34(14,15)39/h24-26,37,39H,16-23H2,1-15H3. The van der Waals surface area contributed by atoms with Gasteiger partial charge in [-0.2, -0.15) is 5.06 Å². The minimum Gasteiger partial charge on any atom is -0.462 e. The highest BCUT2D eigenvalue weighted by atomic mass is 16.7. The number of hydrogen-bond acceptors (Lipinski definition) is 8. The van der Waals surface area contributed by atoms with Gasteiger partial charge in [0, 0.05) is 41.5 Å². The summed E-state index contributed by atoms with van der Waals surface area (Å²) in [5, 5.41) is 23.4. The highest BCUT2D eigenvalue weighted by Crippen LogP contribution is 2.43. The van der Waals surface area contributed by atoms with Gasteiger partial charge in [0.2, 0.25) is 0 Å². The van der Waals surface area contributed by atoms with Crippen LogP contribution in [0.4, 0.5) is 0 Å². The molecule has 2 fully saturated rings. The second-order valence-corrected chi connectivity index (χ2v) is 18.3. The molecule has 0 aromatic rings. The van der Waals surface area contributed by atoms with Crippen LogP contribution in [0.25, 0.3) is 0 Å². The zero-order valence-corrected chi connectivity index (χ0v) is 29.8. The Kier molecular flexibility index (Phi) is 11.2. The van der Waals surface area contributed by atoms with Crippen LogP contribution >= 0.6 is 0 Å². The maximum Gasteiger partial charge on any atom is 0.311 e. The summed E-state index contributed by atoms with van der Waals surface area (Å²) in [6.07, 6.45) is 2.87. The number of piperidine rings is 2. The van der Waals surface area contributed by atoms with Gasteiger partial charge in [0.05, 0.1) is 36.4 Å². The Hall–Kier alpha value is -0.770. The molecule has 2 aliphatic heterocycles. The van der Waals surface area contributed by atoms with E-state index in [1.165, 1.54) is 0 Å². The van der Waals surface area contributed by atoms with Gasteiger partial charge in [-0.1, -0.05) is 20.8 Å². The molecule has 0 radical (unpaired) electrons. The average molecular weight is 599 g/mol. The Morgan fingerprint density at radius 1 is 0.810 bits per heavy atom. The molecule has 248 valence electrons. The average Bonchev–Trinajstić information content (AvgIpc) is 2.70. The molecular formula is C34H66N2O6. The molecule has 42 heavy (non-hydrogen) atoms. The molecule has 1 unspecified atom stereocenters. The first-order valence-electron chi connectivity index (χ1n) is 16.0. The van der Waals surface area contributed by atoms with Crippen molar-refractivity contribution in [3.8, 4) is 0 Å². The summed E-state index contributed by atoms with van der Waals surface area (Å²) < 4.78 is 12.5. The van der Waals surface area contributed by atoms with Gasteiger partial charge >= 0.3 is 5.97 Å². The van der Waals surface area contributed by atoms with Gasteiger partial charge < -0.3 is 19.7 Å². The Labute approximate surface area is 257 Å². The molecule has 0 spiro atoms. The van der Waals surface area contributed by atoms with Crippen LogP contribution in [0.2, 0.25) is 0 Å². The SMILES string of the molecule is CC(C)(C)CC(C)(C)C(=O)OC1CC(C)(C)N(CC(O)COC2CC(C)(C)N(OCC(C)(C)O)C(C)(C)C2)C(C)(C)C1. The minimum absolute atomic E-state index is 0.0192. The van der Waals surface area contributed by atoms with E-state index in [-0.39, 0.29) is 59.0 Å². The van der Waals surface area contributed by atoms with Crippen LogP contribution in [-0.4, -0.2) is 92.0 Å². The van der Waals surface area contributed by atoms with Gasteiger partial charge in [0.25, 0.3) is 0 Å². The number of hydrogen-bond donors (Lipinski definition) is 2. The van der Waals surface area contributed by atoms with Crippen LogP contribution in [0.15, 0.2) is 0 Å². The Morgan fingerprint density at radius 2 is 1.26 bits per heavy atom. The zero-order chi connectivity index (χ0) is 32.7. The van der Waals surface area contributed by atoms with E-state index in [4.69, 9.17) is 14.3 Å². The van der Waals surface area contributed by atoms with Gasteiger partial charge in [0.1, 0.15) is 6.10 Å². The normalized spacial score (nSPS) is 24.9. The summed E-state index contributed by atoms with van der Waals surface area (Å²) in [4.78, 5) is 21.7.